The van der Waals surface area contributed by atoms with E-state index < -0.39 is 0 Å². The van der Waals surface area contributed by atoms with Crippen LogP contribution in [0.5, 0.6) is 5.75 Å². The fraction of sp³-hybridized carbons (Fsp3) is 0.182. The predicted molar refractivity (Wildman–Crippen MR) is 110 cm³/mol. The molecule has 6 heteroatoms. The second-order valence-corrected chi connectivity index (χ2v) is 7.08. The van der Waals surface area contributed by atoms with Gasteiger partial charge in [-0.15, -0.1) is 0 Å². The Labute approximate surface area is 168 Å². The van der Waals surface area contributed by atoms with Gasteiger partial charge < -0.3 is 15.0 Å². The van der Waals surface area contributed by atoms with Crippen LogP contribution < -0.4 is 10.1 Å². The van der Waals surface area contributed by atoms with Gasteiger partial charge in [-0.3, -0.25) is 4.79 Å². The average molecular weight is 394 g/mol. The summed E-state index contributed by atoms with van der Waals surface area (Å²) in [5, 5.41) is 3.78. The minimum absolute atomic E-state index is 0.00566. The van der Waals surface area contributed by atoms with Gasteiger partial charge >= 0.3 is 0 Å². The summed E-state index contributed by atoms with van der Waals surface area (Å²) < 4.78 is 5.33. The fourth-order valence-electron chi connectivity index (χ4n) is 3.36. The minimum atomic E-state index is -0.00566. The van der Waals surface area contributed by atoms with Crippen molar-refractivity contribution < 1.29 is 9.53 Å². The van der Waals surface area contributed by atoms with Gasteiger partial charge in [0.25, 0.3) is 5.91 Å². The van der Waals surface area contributed by atoms with Crippen LogP contribution in [0.25, 0.3) is 0 Å². The molecule has 0 atom stereocenters. The van der Waals surface area contributed by atoms with Gasteiger partial charge in [0.05, 0.1) is 18.4 Å². The number of carbonyl (C=O) groups excluding carboxylic acids is 1. The van der Waals surface area contributed by atoms with Crippen molar-refractivity contribution in [2.75, 3.05) is 19.0 Å². The second kappa shape index (κ2) is 7.90. The molecule has 0 saturated carbocycles. The van der Waals surface area contributed by atoms with Gasteiger partial charge in [-0.05, 0) is 47.9 Å². The van der Waals surface area contributed by atoms with E-state index in [-0.39, 0.29) is 5.91 Å². The number of nitrogens with one attached hydrogen (secondary N) is 1. The second-order valence-electron chi connectivity index (χ2n) is 6.65. The molecular weight excluding hydrogens is 374 g/mol. The molecule has 1 N–H and O–H groups in total. The normalized spacial score (nSPS) is 13.0. The fourth-order valence-corrected chi connectivity index (χ4v) is 3.53. The maximum absolute atomic E-state index is 12.9. The van der Waals surface area contributed by atoms with Crippen molar-refractivity contribution in [2.24, 2.45) is 0 Å². The molecule has 0 unspecified atom stereocenters. The lowest BCUT2D eigenvalue weighted by atomic mass is 9.99. The van der Waals surface area contributed by atoms with E-state index in [9.17, 15) is 4.79 Å². The molecule has 0 spiro atoms. The summed E-state index contributed by atoms with van der Waals surface area (Å²) in [6.07, 6.45) is 2.48. The molecular formula is C22H20ClN3O2. The van der Waals surface area contributed by atoms with Crippen LogP contribution in [0.1, 0.15) is 21.5 Å². The number of ether oxygens (including phenoxy) is 1. The maximum atomic E-state index is 12.9. The molecule has 0 radical (unpaired) electrons. The lowest BCUT2D eigenvalue weighted by Gasteiger charge is -2.28. The van der Waals surface area contributed by atoms with E-state index in [4.69, 9.17) is 16.3 Å². The molecule has 1 aliphatic rings. The maximum Gasteiger partial charge on any atom is 0.255 e. The van der Waals surface area contributed by atoms with Crippen LogP contribution in [0.2, 0.25) is 5.02 Å². The van der Waals surface area contributed by atoms with E-state index in [2.05, 4.69) is 22.4 Å². The summed E-state index contributed by atoms with van der Waals surface area (Å²) in [6.45, 7) is 1.35. The molecule has 142 valence electrons. The summed E-state index contributed by atoms with van der Waals surface area (Å²) in [6, 6.07) is 17.2. The van der Waals surface area contributed by atoms with Gasteiger partial charge in [0.15, 0.2) is 0 Å². The van der Waals surface area contributed by atoms with E-state index in [1.54, 1.807) is 43.6 Å². The van der Waals surface area contributed by atoms with Crippen LogP contribution in [-0.2, 0) is 13.0 Å². The highest BCUT2D eigenvalue weighted by Crippen LogP contribution is 2.30. The number of methoxy groups -OCH3 is 1. The molecule has 4 rings (SSSR count). The molecule has 0 fully saturated rings. The van der Waals surface area contributed by atoms with E-state index in [0.717, 1.165) is 13.0 Å². The summed E-state index contributed by atoms with van der Waals surface area (Å²) in [4.78, 5) is 19.1. The molecule has 28 heavy (non-hydrogen) atoms. The summed E-state index contributed by atoms with van der Waals surface area (Å²) in [7, 11) is 1.60. The first-order valence-corrected chi connectivity index (χ1v) is 9.44. The minimum Gasteiger partial charge on any atom is -0.495 e. The Morgan fingerprint density at radius 3 is 2.71 bits per heavy atom. The number of benzene rings is 2. The van der Waals surface area contributed by atoms with Crippen molar-refractivity contribution in [3.05, 3.63) is 82.5 Å². The monoisotopic (exact) mass is 393 g/mol. The number of anilines is 2. The largest absolute Gasteiger partial charge is 0.495 e. The van der Waals surface area contributed by atoms with Crippen molar-refractivity contribution in [2.45, 2.75) is 13.0 Å². The average Bonchev–Trinajstić information content (AvgIpc) is 2.73. The standard InChI is InChI=1S/C22H20ClN3O2/c1-28-20-8-7-18(23)12-19(20)25-21-9-6-16(13-24-21)22(27)26-11-10-15-4-2-3-5-17(15)14-26/h2-9,12-13H,10-11,14H2,1H3,(H,24,25). The van der Waals surface area contributed by atoms with Crippen molar-refractivity contribution >= 4 is 29.0 Å². The van der Waals surface area contributed by atoms with Crippen LogP contribution in [0.4, 0.5) is 11.5 Å². The van der Waals surface area contributed by atoms with Crippen molar-refractivity contribution in [1.29, 1.82) is 0 Å². The Morgan fingerprint density at radius 1 is 1.14 bits per heavy atom. The highest BCUT2D eigenvalue weighted by Gasteiger charge is 2.21. The Kier molecular flexibility index (Phi) is 5.17. The molecule has 5 nitrogen and oxygen atoms in total. The number of aromatic nitrogens is 1. The smallest absolute Gasteiger partial charge is 0.255 e. The molecule has 1 aromatic heterocycles. The van der Waals surface area contributed by atoms with Crippen molar-refractivity contribution in [3.8, 4) is 5.75 Å². The Bertz CT molecular complexity index is 1000. The molecule has 1 amide bonds. The number of nitrogens with zero attached hydrogens (tertiary/aromatic N) is 2. The first kappa shape index (κ1) is 18.3. The molecule has 2 heterocycles. The number of rotatable bonds is 4. The third-order valence-corrected chi connectivity index (χ3v) is 5.09. The van der Waals surface area contributed by atoms with Crippen LogP contribution in [0, 0.1) is 0 Å². The Balaban J connectivity index is 1.48. The van der Waals surface area contributed by atoms with E-state index in [0.29, 0.717) is 34.4 Å². The quantitative estimate of drug-likeness (QED) is 0.698. The molecule has 0 aliphatic carbocycles. The lowest BCUT2D eigenvalue weighted by molar-refractivity contribution is 0.0734. The zero-order chi connectivity index (χ0) is 19.5. The van der Waals surface area contributed by atoms with Crippen LogP contribution in [-0.4, -0.2) is 29.4 Å². The molecule has 0 saturated heterocycles. The summed E-state index contributed by atoms with van der Waals surface area (Å²) in [5.74, 6) is 1.27. The molecule has 0 bridgehead atoms. The Morgan fingerprint density at radius 2 is 1.96 bits per heavy atom. The van der Waals surface area contributed by atoms with Crippen LogP contribution in [0.3, 0.4) is 0 Å². The van der Waals surface area contributed by atoms with Gasteiger partial charge in [0.1, 0.15) is 11.6 Å². The topological polar surface area (TPSA) is 54.5 Å². The van der Waals surface area contributed by atoms with Crippen LogP contribution >= 0.6 is 11.6 Å². The highest BCUT2D eigenvalue weighted by molar-refractivity contribution is 6.31. The van der Waals surface area contributed by atoms with Gasteiger partial charge in [-0.25, -0.2) is 4.98 Å². The molecule has 2 aromatic carbocycles. The van der Waals surface area contributed by atoms with E-state index in [1.165, 1.54) is 11.1 Å². The predicted octanol–water partition coefficient (Wildman–Crippen LogP) is 4.69. The van der Waals surface area contributed by atoms with Gasteiger partial charge in [0.2, 0.25) is 0 Å². The van der Waals surface area contributed by atoms with E-state index in [1.807, 2.05) is 17.0 Å². The van der Waals surface area contributed by atoms with Crippen molar-refractivity contribution in [3.63, 3.8) is 0 Å². The zero-order valence-corrected chi connectivity index (χ0v) is 16.2. The van der Waals surface area contributed by atoms with Gasteiger partial charge in [-0.1, -0.05) is 35.9 Å². The third kappa shape index (κ3) is 3.80. The summed E-state index contributed by atoms with van der Waals surface area (Å²) >= 11 is 6.06. The SMILES string of the molecule is COc1ccc(Cl)cc1Nc1ccc(C(=O)N2CCc3ccccc3C2)cn1. The van der Waals surface area contributed by atoms with Gasteiger partial charge in [-0.2, -0.15) is 0 Å². The van der Waals surface area contributed by atoms with Crippen LogP contribution in [0.15, 0.2) is 60.8 Å². The number of amides is 1. The molecule has 3 aromatic rings. The third-order valence-electron chi connectivity index (χ3n) is 4.85. The molecule has 1 aliphatic heterocycles. The number of hydrogen-bond donors (Lipinski definition) is 1. The number of hydrogen-bond acceptors (Lipinski definition) is 4. The number of pyridine rings is 1. The van der Waals surface area contributed by atoms with Gasteiger partial charge in [0, 0.05) is 24.3 Å². The number of carbonyl (C=O) groups is 1. The highest BCUT2D eigenvalue weighted by atomic mass is 35.5. The number of fused-ring (bicyclic) bond motifs is 1. The Hall–Kier alpha value is -3.05. The number of halogens is 1. The first-order valence-electron chi connectivity index (χ1n) is 9.07. The van der Waals surface area contributed by atoms with Crippen molar-refractivity contribution in [1.82, 2.24) is 9.88 Å². The first-order chi connectivity index (χ1) is 13.6. The zero-order valence-electron chi connectivity index (χ0n) is 15.5. The summed E-state index contributed by atoms with van der Waals surface area (Å²) in [5.41, 5.74) is 3.82. The lowest BCUT2D eigenvalue weighted by Crippen LogP contribution is -2.35. The van der Waals surface area contributed by atoms with E-state index >= 15 is 0 Å².